The number of halogens is 2. The van der Waals surface area contributed by atoms with Crippen LogP contribution in [0.5, 0.6) is 0 Å². The average molecular weight is 367 g/mol. The van der Waals surface area contributed by atoms with Crippen LogP contribution >= 0.6 is 27.5 Å². The Balaban J connectivity index is 2.22. The zero-order valence-corrected chi connectivity index (χ0v) is 13.2. The fourth-order valence-electron chi connectivity index (χ4n) is 2.03. The SMILES string of the molecule is Cc1cc(Br)c(-n2nnc3cc(C(=O)O)ccc32)cc1Cl. The number of nitrogens with zero attached hydrogens (tertiary/aromatic N) is 3. The molecule has 21 heavy (non-hydrogen) atoms. The molecule has 2 aromatic carbocycles. The zero-order chi connectivity index (χ0) is 15.1. The Labute approximate surface area is 133 Å². The first-order valence-corrected chi connectivity index (χ1v) is 7.19. The summed E-state index contributed by atoms with van der Waals surface area (Å²) in [5.41, 5.74) is 3.09. The number of aryl methyl sites for hydroxylation is 1. The van der Waals surface area contributed by atoms with E-state index >= 15 is 0 Å². The Morgan fingerprint density at radius 1 is 1.33 bits per heavy atom. The van der Waals surface area contributed by atoms with Gasteiger partial charge in [0.2, 0.25) is 0 Å². The van der Waals surface area contributed by atoms with Crippen molar-refractivity contribution >= 4 is 44.5 Å². The van der Waals surface area contributed by atoms with Gasteiger partial charge in [0.1, 0.15) is 5.52 Å². The van der Waals surface area contributed by atoms with E-state index in [4.69, 9.17) is 16.7 Å². The summed E-state index contributed by atoms with van der Waals surface area (Å²) in [6.07, 6.45) is 0. The average Bonchev–Trinajstić information content (AvgIpc) is 2.85. The lowest BCUT2D eigenvalue weighted by Crippen LogP contribution is -1.99. The van der Waals surface area contributed by atoms with Gasteiger partial charge < -0.3 is 5.11 Å². The molecule has 1 heterocycles. The van der Waals surface area contributed by atoms with Crippen LogP contribution < -0.4 is 0 Å². The van der Waals surface area contributed by atoms with E-state index in [-0.39, 0.29) is 5.56 Å². The second-order valence-electron chi connectivity index (χ2n) is 4.56. The predicted octanol–water partition coefficient (Wildman–Crippen LogP) is 3.84. The monoisotopic (exact) mass is 365 g/mol. The second kappa shape index (κ2) is 5.13. The van der Waals surface area contributed by atoms with Gasteiger partial charge in [-0.25, -0.2) is 9.48 Å². The molecule has 0 aliphatic heterocycles. The van der Waals surface area contributed by atoms with Crippen molar-refractivity contribution in [3.05, 3.63) is 51.0 Å². The lowest BCUT2D eigenvalue weighted by atomic mass is 10.2. The molecule has 0 aliphatic carbocycles. The number of aromatic nitrogens is 3. The van der Waals surface area contributed by atoms with Crippen molar-refractivity contribution in [2.75, 3.05) is 0 Å². The van der Waals surface area contributed by atoms with Crippen molar-refractivity contribution in [2.45, 2.75) is 6.92 Å². The summed E-state index contributed by atoms with van der Waals surface area (Å²) in [5, 5.41) is 17.7. The van der Waals surface area contributed by atoms with Crippen molar-refractivity contribution < 1.29 is 9.90 Å². The Morgan fingerprint density at radius 3 is 2.81 bits per heavy atom. The maximum Gasteiger partial charge on any atom is 0.335 e. The van der Waals surface area contributed by atoms with E-state index in [0.717, 1.165) is 15.7 Å². The van der Waals surface area contributed by atoms with Gasteiger partial charge in [-0.2, -0.15) is 0 Å². The van der Waals surface area contributed by atoms with E-state index < -0.39 is 5.97 Å². The lowest BCUT2D eigenvalue weighted by Gasteiger charge is -2.08. The van der Waals surface area contributed by atoms with Crippen LogP contribution in [0.2, 0.25) is 5.02 Å². The largest absolute Gasteiger partial charge is 0.478 e. The highest BCUT2D eigenvalue weighted by Gasteiger charge is 2.13. The minimum Gasteiger partial charge on any atom is -0.478 e. The van der Waals surface area contributed by atoms with Crippen LogP contribution in [-0.4, -0.2) is 26.1 Å². The molecule has 0 saturated carbocycles. The van der Waals surface area contributed by atoms with E-state index in [9.17, 15) is 4.79 Å². The topological polar surface area (TPSA) is 68.0 Å². The van der Waals surface area contributed by atoms with Gasteiger partial charge in [-0.15, -0.1) is 5.10 Å². The molecule has 0 spiro atoms. The molecule has 0 fully saturated rings. The number of rotatable bonds is 2. The third-order valence-electron chi connectivity index (χ3n) is 3.15. The van der Waals surface area contributed by atoms with Crippen LogP contribution in [0.4, 0.5) is 0 Å². The molecule has 1 N–H and O–H groups in total. The van der Waals surface area contributed by atoms with Crippen molar-refractivity contribution in [3.8, 4) is 5.69 Å². The van der Waals surface area contributed by atoms with Crippen molar-refractivity contribution in [1.82, 2.24) is 15.0 Å². The van der Waals surface area contributed by atoms with Crippen LogP contribution in [0, 0.1) is 6.92 Å². The Morgan fingerprint density at radius 2 is 2.10 bits per heavy atom. The molecule has 3 rings (SSSR count). The van der Waals surface area contributed by atoms with Gasteiger partial charge in [-0.05, 0) is 58.7 Å². The molecular weight excluding hydrogens is 358 g/mol. The lowest BCUT2D eigenvalue weighted by molar-refractivity contribution is 0.0697. The maximum absolute atomic E-state index is 11.0. The standard InChI is InChI=1S/C14H9BrClN3O2/c1-7-4-9(15)13(6-10(7)16)19-12-3-2-8(14(20)21)5-11(12)17-18-19/h2-6H,1H3,(H,20,21). The third-order valence-corrected chi connectivity index (χ3v) is 4.19. The number of carbonyl (C=O) groups is 1. The van der Waals surface area contributed by atoms with E-state index in [1.54, 1.807) is 16.8 Å². The van der Waals surface area contributed by atoms with E-state index in [1.807, 2.05) is 13.0 Å². The van der Waals surface area contributed by atoms with Crippen LogP contribution in [0.1, 0.15) is 15.9 Å². The van der Waals surface area contributed by atoms with E-state index in [1.165, 1.54) is 12.1 Å². The van der Waals surface area contributed by atoms with Crippen molar-refractivity contribution in [3.63, 3.8) is 0 Å². The number of benzene rings is 2. The van der Waals surface area contributed by atoms with E-state index in [0.29, 0.717) is 16.1 Å². The van der Waals surface area contributed by atoms with Crippen LogP contribution in [0.15, 0.2) is 34.8 Å². The van der Waals surface area contributed by atoms with Gasteiger partial charge in [0, 0.05) is 9.50 Å². The van der Waals surface area contributed by atoms with Gasteiger partial charge >= 0.3 is 5.97 Å². The summed E-state index contributed by atoms with van der Waals surface area (Å²) >= 11 is 9.65. The number of carboxylic acid groups (broad SMARTS) is 1. The molecule has 0 saturated heterocycles. The van der Waals surface area contributed by atoms with Crippen molar-refractivity contribution in [2.24, 2.45) is 0 Å². The number of fused-ring (bicyclic) bond motifs is 1. The summed E-state index contributed by atoms with van der Waals surface area (Å²) in [6, 6.07) is 8.38. The number of hydrogen-bond acceptors (Lipinski definition) is 3. The Hall–Kier alpha value is -1.92. The summed E-state index contributed by atoms with van der Waals surface area (Å²) in [6.45, 7) is 1.91. The molecule has 0 bridgehead atoms. The first kappa shape index (κ1) is 14.0. The molecule has 1 aromatic heterocycles. The molecule has 7 heteroatoms. The highest BCUT2D eigenvalue weighted by atomic mass is 79.9. The third kappa shape index (κ3) is 2.41. The first-order chi connectivity index (χ1) is 9.97. The van der Waals surface area contributed by atoms with Crippen molar-refractivity contribution in [1.29, 1.82) is 0 Å². The molecule has 3 aromatic rings. The smallest absolute Gasteiger partial charge is 0.335 e. The summed E-state index contributed by atoms with van der Waals surface area (Å²) in [4.78, 5) is 11.0. The number of carboxylic acids is 1. The first-order valence-electron chi connectivity index (χ1n) is 6.02. The Bertz CT molecular complexity index is 876. The van der Waals surface area contributed by atoms with Gasteiger partial charge in [0.15, 0.2) is 0 Å². The zero-order valence-electron chi connectivity index (χ0n) is 10.8. The summed E-state index contributed by atoms with van der Waals surface area (Å²) in [5.74, 6) is -0.994. The number of hydrogen-bond donors (Lipinski definition) is 1. The molecule has 106 valence electrons. The normalized spacial score (nSPS) is 11.0. The van der Waals surface area contributed by atoms with Gasteiger partial charge in [-0.1, -0.05) is 16.8 Å². The quantitative estimate of drug-likeness (QED) is 0.748. The highest BCUT2D eigenvalue weighted by molar-refractivity contribution is 9.10. The van der Waals surface area contributed by atoms with Crippen LogP contribution in [0.3, 0.4) is 0 Å². The van der Waals surface area contributed by atoms with Gasteiger partial charge in [0.05, 0.1) is 16.8 Å². The van der Waals surface area contributed by atoms with Gasteiger partial charge in [0.25, 0.3) is 0 Å². The fraction of sp³-hybridized carbons (Fsp3) is 0.0714. The van der Waals surface area contributed by atoms with Crippen LogP contribution in [0.25, 0.3) is 16.7 Å². The summed E-state index contributed by atoms with van der Waals surface area (Å²) < 4.78 is 2.45. The van der Waals surface area contributed by atoms with Gasteiger partial charge in [-0.3, -0.25) is 0 Å². The second-order valence-corrected chi connectivity index (χ2v) is 5.82. The fourth-order valence-corrected chi connectivity index (χ4v) is 2.82. The minimum atomic E-state index is -0.994. The summed E-state index contributed by atoms with van der Waals surface area (Å²) in [7, 11) is 0. The minimum absolute atomic E-state index is 0.176. The van der Waals surface area contributed by atoms with E-state index in [2.05, 4.69) is 26.2 Å². The molecule has 0 amide bonds. The predicted molar refractivity (Wildman–Crippen MR) is 83.3 cm³/mol. The molecule has 0 atom stereocenters. The molecule has 0 unspecified atom stereocenters. The number of aromatic carboxylic acids is 1. The maximum atomic E-state index is 11.0. The van der Waals surface area contributed by atoms with Crippen LogP contribution in [-0.2, 0) is 0 Å². The molecular formula is C14H9BrClN3O2. The molecule has 5 nitrogen and oxygen atoms in total. The Kier molecular flexibility index (Phi) is 3.43. The highest BCUT2D eigenvalue weighted by Crippen LogP contribution is 2.29. The molecule has 0 aliphatic rings. The molecule has 0 radical (unpaired) electrons.